The third-order valence-electron chi connectivity index (χ3n) is 6.54. The van der Waals surface area contributed by atoms with Crippen LogP contribution in [0.2, 0.25) is 0 Å². The minimum absolute atomic E-state index is 0.112. The Balaban J connectivity index is 1.93. The van der Waals surface area contributed by atoms with E-state index in [1.807, 2.05) is 0 Å². The maximum atomic E-state index is 14.9. The zero-order chi connectivity index (χ0) is 33.2. The third kappa shape index (κ3) is 7.85. The van der Waals surface area contributed by atoms with Crippen molar-refractivity contribution in [3.05, 3.63) is 59.1 Å². The number of carbonyl (C=O) groups excluding carboxylic acids is 3. The van der Waals surface area contributed by atoms with Crippen LogP contribution in [0, 0.1) is 0 Å². The molecule has 0 saturated heterocycles. The van der Waals surface area contributed by atoms with Gasteiger partial charge in [0.2, 0.25) is 5.60 Å². The number of hydrogen-bond donors (Lipinski definition) is 1. The van der Waals surface area contributed by atoms with E-state index in [9.17, 15) is 40.7 Å². The Hall–Kier alpha value is -4.34. The summed E-state index contributed by atoms with van der Waals surface area (Å²) in [5.41, 5.74) is -8.32. The van der Waals surface area contributed by atoms with Crippen molar-refractivity contribution in [1.29, 1.82) is 0 Å². The number of hydrogen-bond acceptors (Lipinski definition) is 9. The van der Waals surface area contributed by atoms with E-state index < -0.39 is 102 Å². The topological polar surface area (TPSA) is 134 Å². The van der Waals surface area contributed by atoms with Crippen molar-refractivity contribution in [2.75, 3.05) is 5.32 Å². The van der Waals surface area contributed by atoms with E-state index in [-0.39, 0.29) is 12.8 Å². The number of halogens is 6. The number of carbonyl (C=O) groups is 3. The van der Waals surface area contributed by atoms with E-state index >= 15 is 0 Å². The number of benzene rings is 1. The molecule has 0 saturated carbocycles. The maximum absolute atomic E-state index is 14.9. The average molecular weight is 643 g/mol. The van der Waals surface area contributed by atoms with Crippen molar-refractivity contribution in [3.63, 3.8) is 0 Å². The highest BCUT2D eigenvalue weighted by molar-refractivity contribution is 5.98. The van der Waals surface area contributed by atoms with Crippen LogP contribution in [-0.4, -0.2) is 44.6 Å². The summed E-state index contributed by atoms with van der Waals surface area (Å²) in [4.78, 5) is 42.2. The van der Waals surface area contributed by atoms with Crippen LogP contribution in [0.5, 0.6) is 0 Å². The summed E-state index contributed by atoms with van der Waals surface area (Å²) in [6, 6.07) is 8.15. The molecule has 45 heavy (non-hydrogen) atoms. The fourth-order valence-corrected chi connectivity index (χ4v) is 4.46. The molecule has 242 valence electrons. The first-order valence-corrected chi connectivity index (χ1v) is 13.7. The zero-order valence-electron chi connectivity index (χ0n) is 24.3. The van der Waals surface area contributed by atoms with Crippen LogP contribution in [0.1, 0.15) is 80.4 Å². The SMILES string of the molecule is CC(C)(C)OC(=O)Nc1cc(C(F)(F)F)c2nc1-c1nnc(o1)[C@@](OCc1ccccc1)(C(F)(F)F)CC(=O)CCCCC2=O. The fraction of sp³-hybridized carbons (Fsp3) is 0.448. The first-order valence-electron chi connectivity index (χ1n) is 13.7. The standard InChI is InChI=1S/C29H28F6N4O6/c1-26(2,3)45-25(42)36-19-13-18(28(30,31)32)21-20(41)12-8-7-11-17(40)14-27(29(33,34)35,43-15-16-9-5-4-6-10-16)24-39-38-23(44-24)22(19)37-21/h4-6,9-10,13H,7-8,11-12,14-15H2,1-3H3,(H,36,42)/t27-/m1/s1. The molecular formula is C29H28F6N4O6. The van der Waals surface area contributed by atoms with Crippen molar-refractivity contribution in [2.24, 2.45) is 0 Å². The van der Waals surface area contributed by atoms with Crippen molar-refractivity contribution in [3.8, 4) is 11.6 Å². The fourth-order valence-electron chi connectivity index (χ4n) is 4.46. The van der Waals surface area contributed by atoms with Crippen LogP contribution in [0.25, 0.3) is 11.6 Å². The van der Waals surface area contributed by atoms with Gasteiger partial charge in [0.15, 0.2) is 11.5 Å². The summed E-state index contributed by atoms with van der Waals surface area (Å²) < 4.78 is 103. The van der Waals surface area contributed by atoms with Gasteiger partial charge in [0.1, 0.15) is 17.1 Å². The molecule has 3 heterocycles. The number of aromatic nitrogens is 3. The number of amides is 1. The van der Waals surface area contributed by atoms with Crippen molar-refractivity contribution < 1.29 is 54.6 Å². The van der Waals surface area contributed by atoms with Gasteiger partial charge >= 0.3 is 18.4 Å². The van der Waals surface area contributed by atoms with Crippen LogP contribution in [0.4, 0.5) is 36.8 Å². The molecule has 3 aromatic rings. The van der Waals surface area contributed by atoms with Crippen LogP contribution in [0.3, 0.4) is 0 Å². The molecule has 1 amide bonds. The second-order valence-corrected chi connectivity index (χ2v) is 11.3. The van der Waals surface area contributed by atoms with Gasteiger partial charge in [-0.1, -0.05) is 30.3 Å². The molecule has 0 fully saturated rings. The molecule has 1 aliphatic heterocycles. The number of Topliss-reactive ketones (excluding diaryl/α,β-unsaturated/α-hetero) is 2. The second-order valence-electron chi connectivity index (χ2n) is 11.3. The number of fused-ring (bicyclic) bond motifs is 5. The van der Waals surface area contributed by atoms with Crippen LogP contribution in [0.15, 0.2) is 40.8 Å². The summed E-state index contributed by atoms with van der Waals surface area (Å²) >= 11 is 0. The first kappa shape index (κ1) is 33.6. The summed E-state index contributed by atoms with van der Waals surface area (Å²) in [5.74, 6) is -4.11. The van der Waals surface area contributed by atoms with Crippen molar-refractivity contribution in [1.82, 2.24) is 15.2 Å². The lowest BCUT2D eigenvalue weighted by atomic mass is 9.92. The van der Waals surface area contributed by atoms with Gasteiger partial charge in [0.05, 0.1) is 24.3 Å². The molecule has 4 bridgehead atoms. The van der Waals surface area contributed by atoms with E-state index in [1.165, 1.54) is 32.9 Å². The van der Waals surface area contributed by atoms with E-state index in [2.05, 4.69) is 20.5 Å². The Morgan fingerprint density at radius 3 is 2.27 bits per heavy atom. The Morgan fingerprint density at radius 1 is 0.978 bits per heavy atom. The minimum atomic E-state index is -5.30. The normalized spacial score (nSPS) is 18.3. The predicted octanol–water partition coefficient (Wildman–Crippen LogP) is 7.19. The van der Waals surface area contributed by atoms with Gasteiger partial charge in [-0.3, -0.25) is 14.9 Å². The molecular weight excluding hydrogens is 614 g/mol. The summed E-state index contributed by atoms with van der Waals surface area (Å²) in [7, 11) is 0. The number of alkyl halides is 6. The Kier molecular flexibility index (Phi) is 9.37. The number of anilines is 1. The average Bonchev–Trinajstić information content (AvgIpc) is 3.41. The molecule has 1 aliphatic rings. The van der Waals surface area contributed by atoms with Crippen LogP contribution in [-0.2, 0) is 32.7 Å². The Labute approximate surface area is 252 Å². The molecule has 0 aliphatic carbocycles. The van der Waals surface area contributed by atoms with E-state index in [4.69, 9.17) is 13.9 Å². The molecule has 1 atom stereocenters. The number of rotatable bonds is 4. The first-order chi connectivity index (χ1) is 20.9. The second kappa shape index (κ2) is 12.6. The van der Waals surface area contributed by atoms with Gasteiger partial charge in [-0.15, -0.1) is 10.2 Å². The van der Waals surface area contributed by atoms with Crippen LogP contribution < -0.4 is 5.32 Å². The van der Waals surface area contributed by atoms with E-state index in [1.54, 1.807) is 18.2 Å². The van der Waals surface area contributed by atoms with Crippen molar-refractivity contribution in [2.45, 2.75) is 83.0 Å². The lowest BCUT2D eigenvalue weighted by Gasteiger charge is -2.32. The quantitative estimate of drug-likeness (QED) is 0.294. The van der Waals surface area contributed by atoms with E-state index in [0.717, 1.165) is 0 Å². The molecule has 1 aromatic carbocycles. The van der Waals surface area contributed by atoms with E-state index in [0.29, 0.717) is 11.6 Å². The highest BCUT2D eigenvalue weighted by Gasteiger charge is 2.62. The smallest absolute Gasteiger partial charge is 0.427 e. The number of ether oxygens (including phenoxy) is 2. The predicted molar refractivity (Wildman–Crippen MR) is 144 cm³/mol. The molecule has 16 heteroatoms. The Bertz CT molecular complexity index is 1570. The van der Waals surface area contributed by atoms with Gasteiger partial charge in [-0.25, -0.2) is 9.78 Å². The van der Waals surface area contributed by atoms with Gasteiger partial charge in [-0.05, 0) is 45.2 Å². The molecule has 2 aromatic heterocycles. The largest absolute Gasteiger partial charge is 0.444 e. The molecule has 0 radical (unpaired) electrons. The number of ketones is 2. The van der Waals surface area contributed by atoms with Gasteiger partial charge in [0, 0.05) is 12.8 Å². The van der Waals surface area contributed by atoms with Crippen LogP contribution >= 0.6 is 0 Å². The summed E-state index contributed by atoms with van der Waals surface area (Å²) in [5, 5.41) is 9.14. The van der Waals surface area contributed by atoms with Gasteiger partial charge in [0.25, 0.3) is 11.8 Å². The Morgan fingerprint density at radius 2 is 1.64 bits per heavy atom. The van der Waals surface area contributed by atoms with Crippen molar-refractivity contribution >= 4 is 23.3 Å². The third-order valence-corrected chi connectivity index (χ3v) is 6.54. The summed E-state index contributed by atoms with van der Waals surface area (Å²) in [6.07, 6.45) is -14.1. The number of nitrogens with one attached hydrogen (secondary N) is 1. The highest BCUT2D eigenvalue weighted by atomic mass is 19.4. The van der Waals surface area contributed by atoms with Gasteiger partial charge < -0.3 is 13.9 Å². The maximum Gasteiger partial charge on any atom is 0.427 e. The molecule has 1 N–H and O–H groups in total. The highest BCUT2D eigenvalue weighted by Crippen LogP contribution is 2.47. The molecule has 4 rings (SSSR count). The minimum Gasteiger partial charge on any atom is -0.444 e. The molecule has 0 unspecified atom stereocenters. The molecule has 0 spiro atoms. The number of pyridine rings is 1. The summed E-state index contributed by atoms with van der Waals surface area (Å²) in [6.45, 7) is 3.82. The van der Waals surface area contributed by atoms with Gasteiger partial charge in [-0.2, -0.15) is 26.3 Å². The zero-order valence-corrected chi connectivity index (χ0v) is 24.3. The lowest BCUT2D eigenvalue weighted by molar-refractivity contribution is -0.297. The monoisotopic (exact) mass is 642 g/mol. The molecule has 10 nitrogen and oxygen atoms in total. The number of nitrogens with zero attached hydrogens (tertiary/aromatic N) is 3. The lowest BCUT2D eigenvalue weighted by Crippen LogP contribution is -2.47.